The summed E-state index contributed by atoms with van der Waals surface area (Å²) in [7, 11) is 1.23. The van der Waals surface area contributed by atoms with Crippen LogP contribution in [0, 0.1) is 11.7 Å². The van der Waals surface area contributed by atoms with Crippen LogP contribution in [0.25, 0.3) is 0 Å². The van der Waals surface area contributed by atoms with Gasteiger partial charge in [-0.25, -0.2) is 9.37 Å². The number of methoxy groups -OCH3 is 1. The molecule has 0 radical (unpaired) electrons. The lowest BCUT2D eigenvalue weighted by Gasteiger charge is -2.15. The minimum atomic E-state index is -0.765. The van der Waals surface area contributed by atoms with Crippen LogP contribution in [0.3, 0.4) is 0 Å². The van der Waals surface area contributed by atoms with E-state index in [-0.39, 0.29) is 24.1 Å². The Morgan fingerprint density at radius 1 is 1.67 bits per heavy atom. The van der Waals surface area contributed by atoms with Gasteiger partial charge in [0.15, 0.2) is 11.6 Å². The molecule has 1 amide bonds. The largest absolute Gasteiger partial charge is 0.469 e. The zero-order valence-electron chi connectivity index (χ0n) is 9.39. The van der Waals surface area contributed by atoms with E-state index in [2.05, 4.69) is 14.7 Å². The van der Waals surface area contributed by atoms with Crippen LogP contribution in [0.4, 0.5) is 10.2 Å². The second-order valence-corrected chi connectivity index (χ2v) is 4.08. The molecule has 2 rings (SSSR count). The molecule has 6 nitrogen and oxygen atoms in total. The first-order valence-corrected chi connectivity index (χ1v) is 5.47. The van der Waals surface area contributed by atoms with Crippen LogP contribution in [0.1, 0.15) is 6.42 Å². The van der Waals surface area contributed by atoms with Gasteiger partial charge in [-0.3, -0.25) is 14.5 Å². The number of ether oxygens (including phenoxy) is 1. The fourth-order valence-corrected chi connectivity index (χ4v) is 1.89. The molecular formula is C10H9ClFN3O3. The third kappa shape index (κ3) is 2.26. The molecule has 0 N–H and O–H groups in total. The highest BCUT2D eigenvalue weighted by Crippen LogP contribution is 2.26. The number of halogens is 2. The summed E-state index contributed by atoms with van der Waals surface area (Å²) < 4.78 is 18.1. The second kappa shape index (κ2) is 4.85. The highest BCUT2D eigenvalue weighted by molar-refractivity contribution is 6.28. The summed E-state index contributed by atoms with van der Waals surface area (Å²) in [4.78, 5) is 31.2. The molecule has 1 aromatic heterocycles. The summed E-state index contributed by atoms with van der Waals surface area (Å²) in [6.45, 7) is 0.0236. The van der Waals surface area contributed by atoms with Crippen molar-refractivity contribution in [2.75, 3.05) is 18.6 Å². The number of hydrogen-bond acceptors (Lipinski definition) is 5. The summed E-state index contributed by atoms with van der Waals surface area (Å²) in [5.74, 6) is -2.51. The SMILES string of the molecule is COC(=O)C1CC(=O)N(c2nc(Cl)ncc2F)C1. The molecule has 1 saturated heterocycles. The van der Waals surface area contributed by atoms with E-state index in [9.17, 15) is 14.0 Å². The Kier molecular flexibility index (Phi) is 3.42. The van der Waals surface area contributed by atoms with Gasteiger partial charge in [0.25, 0.3) is 0 Å². The van der Waals surface area contributed by atoms with Crippen molar-refractivity contribution in [2.24, 2.45) is 5.92 Å². The molecular weight excluding hydrogens is 265 g/mol. The summed E-state index contributed by atoms with van der Waals surface area (Å²) in [5.41, 5.74) is 0. The first-order valence-electron chi connectivity index (χ1n) is 5.09. The van der Waals surface area contributed by atoms with E-state index >= 15 is 0 Å². The molecule has 18 heavy (non-hydrogen) atoms. The topological polar surface area (TPSA) is 72.4 Å². The Bertz CT molecular complexity index is 511. The predicted octanol–water partition coefficient (Wildman–Crippen LogP) is 0.795. The van der Waals surface area contributed by atoms with Crippen molar-refractivity contribution >= 4 is 29.3 Å². The number of anilines is 1. The van der Waals surface area contributed by atoms with E-state index in [0.29, 0.717) is 0 Å². The van der Waals surface area contributed by atoms with E-state index in [1.54, 1.807) is 0 Å². The van der Waals surface area contributed by atoms with E-state index < -0.39 is 23.6 Å². The maximum Gasteiger partial charge on any atom is 0.311 e. The van der Waals surface area contributed by atoms with Gasteiger partial charge >= 0.3 is 5.97 Å². The van der Waals surface area contributed by atoms with Gasteiger partial charge in [0, 0.05) is 13.0 Å². The highest BCUT2D eigenvalue weighted by atomic mass is 35.5. The van der Waals surface area contributed by atoms with Crippen LogP contribution < -0.4 is 4.90 Å². The van der Waals surface area contributed by atoms with Gasteiger partial charge in [0.2, 0.25) is 11.2 Å². The molecule has 0 aromatic carbocycles. The zero-order chi connectivity index (χ0) is 13.3. The summed E-state index contributed by atoms with van der Waals surface area (Å²) in [5, 5.41) is -0.166. The number of hydrogen-bond donors (Lipinski definition) is 0. The standard InChI is InChI=1S/C10H9ClFN3O3/c1-18-9(17)5-2-7(16)15(4-5)8-6(12)3-13-10(11)14-8/h3,5H,2,4H2,1H3. The number of esters is 1. The van der Waals surface area contributed by atoms with E-state index in [0.717, 1.165) is 11.1 Å². The van der Waals surface area contributed by atoms with Gasteiger partial charge in [0.1, 0.15) is 0 Å². The molecule has 1 aromatic rings. The van der Waals surface area contributed by atoms with E-state index in [1.807, 2.05) is 0 Å². The number of carbonyl (C=O) groups excluding carboxylic acids is 2. The summed E-state index contributed by atoms with van der Waals surface area (Å²) in [6, 6.07) is 0. The van der Waals surface area contributed by atoms with E-state index in [4.69, 9.17) is 11.6 Å². The van der Waals surface area contributed by atoms with Crippen LogP contribution in [0.15, 0.2) is 6.20 Å². The average Bonchev–Trinajstić information content (AvgIpc) is 2.73. The number of carbonyl (C=O) groups is 2. The third-order valence-corrected chi connectivity index (χ3v) is 2.79. The molecule has 96 valence electrons. The van der Waals surface area contributed by atoms with Crippen LogP contribution in [0.2, 0.25) is 5.28 Å². The lowest BCUT2D eigenvalue weighted by Crippen LogP contribution is -2.28. The van der Waals surface area contributed by atoms with Gasteiger partial charge in [0.05, 0.1) is 19.2 Å². The summed E-state index contributed by atoms with van der Waals surface area (Å²) in [6.07, 6.45) is 0.844. The molecule has 0 saturated carbocycles. The van der Waals surface area contributed by atoms with E-state index in [1.165, 1.54) is 7.11 Å². The van der Waals surface area contributed by atoms with Crippen LogP contribution >= 0.6 is 11.6 Å². The lowest BCUT2D eigenvalue weighted by molar-refractivity contribution is -0.145. The normalized spacial score (nSPS) is 19.2. The molecule has 1 unspecified atom stereocenters. The minimum Gasteiger partial charge on any atom is -0.469 e. The van der Waals surface area contributed by atoms with Gasteiger partial charge in [-0.2, -0.15) is 4.98 Å². The second-order valence-electron chi connectivity index (χ2n) is 3.74. The number of nitrogens with zero attached hydrogens (tertiary/aromatic N) is 3. The summed E-state index contributed by atoms with van der Waals surface area (Å²) >= 11 is 5.55. The van der Waals surface area contributed by atoms with Crippen molar-refractivity contribution in [3.63, 3.8) is 0 Å². The van der Waals surface area contributed by atoms with Gasteiger partial charge < -0.3 is 4.74 Å². The van der Waals surface area contributed by atoms with Crippen molar-refractivity contribution < 1.29 is 18.7 Å². The van der Waals surface area contributed by atoms with Crippen molar-refractivity contribution in [2.45, 2.75) is 6.42 Å². The fourth-order valence-electron chi connectivity index (χ4n) is 1.76. The van der Waals surface area contributed by atoms with Crippen molar-refractivity contribution in [1.29, 1.82) is 0 Å². The number of aromatic nitrogens is 2. The Balaban J connectivity index is 2.27. The Morgan fingerprint density at radius 2 is 2.39 bits per heavy atom. The molecule has 1 aliphatic heterocycles. The number of rotatable bonds is 2. The van der Waals surface area contributed by atoms with Crippen molar-refractivity contribution in [3.05, 3.63) is 17.3 Å². The Hall–Kier alpha value is -1.76. The molecule has 0 spiro atoms. The highest BCUT2D eigenvalue weighted by Gasteiger charge is 2.37. The third-order valence-electron chi connectivity index (χ3n) is 2.61. The maximum absolute atomic E-state index is 13.5. The quantitative estimate of drug-likeness (QED) is 0.588. The molecule has 1 atom stereocenters. The lowest BCUT2D eigenvalue weighted by atomic mass is 10.1. The first kappa shape index (κ1) is 12.7. The van der Waals surface area contributed by atoms with Crippen LogP contribution in [-0.4, -0.2) is 35.5 Å². The van der Waals surface area contributed by atoms with Gasteiger partial charge in [-0.15, -0.1) is 0 Å². The Labute approximate surface area is 107 Å². The maximum atomic E-state index is 13.5. The van der Waals surface area contributed by atoms with Gasteiger partial charge in [-0.05, 0) is 11.6 Å². The first-order chi connectivity index (χ1) is 8.52. The van der Waals surface area contributed by atoms with Crippen LogP contribution in [-0.2, 0) is 14.3 Å². The smallest absolute Gasteiger partial charge is 0.311 e. The predicted molar refractivity (Wildman–Crippen MR) is 59.5 cm³/mol. The molecule has 8 heteroatoms. The van der Waals surface area contributed by atoms with Crippen LogP contribution in [0.5, 0.6) is 0 Å². The van der Waals surface area contributed by atoms with Crippen molar-refractivity contribution in [3.8, 4) is 0 Å². The zero-order valence-corrected chi connectivity index (χ0v) is 10.1. The minimum absolute atomic E-state index is 0.0236. The Morgan fingerprint density at radius 3 is 3.06 bits per heavy atom. The molecule has 0 aliphatic carbocycles. The molecule has 2 heterocycles. The average molecular weight is 274 g/mol. The molecule has 0 bridgehead atoms. The fraction of sp³-hybridized carbons (Fsp3) is 0.400. The monoisotopic (exact) mass is 273 g/mol. The molecule has 1 fully saturated rings. The number of amides is 1. The van der Waals surface area contributed by atoms with Gasteiger partial charge in [-0.1, -0.05) is 0 Å². The van der Waals surface area contributed by atoms with Crippen molar-refractivity contribution in [1.82, 2.24) is 9.97 Å². The molecule has 1 aliphatic rings.